The van der Waals surface area contributed by atoms with E-state index in [-0.39, 0.29) is 12.2 Å². The maximum Gasteiger partial charge on any atom is 0.263 e. The molecule has 0 saturated carbocycles. The molecular weight excluding hydrogens is 442 g/mol. The minimum absolute atomic E-state index is 0.0672. The van der Waals surface area contributed by atoms with E-state index in [9.17, 15) is 9.59 Å². The number of benzene rings is 3. The van der Waals surface area contributed by atoms with E-state index in [4.69, 9.17) is 9.47 Å². The molecule has 0 saturated heterocycles. The zero-order valence-electron chi connectivity index (χ0n) is 19.7. The van der Waals surface area contributed by atoms with E-state index in [1.54, 1.807) is 7.11 Å². The summed E-state index contributed by atoms with van der Waals surface area (Å²) in [6.07, 6.45) is 1.29. The zero-order valence-corrected chi connectivity index (χ0v) is 19.7. The molecule has 7 heteroatoms. The Labute approximate surface area is 203 Å². The Balaban J connectivity index is 1.49. The first-order valence-corrected chi connectivity index (χ1v) is 11.2. The summed E-state index contributed by atoms with van der Waals surface area (Å²) >= 11 is 0. The zero-order chi connectivity index (χ0) is 24.6. The number of nitrogens with one attached hydrogen (secondary N) is 2. The highest BCUT2D eigenvalue weighted by Gasteiger charge is 2.20. The molecule has 1 unspecified atom stereocenters. The van der Waals surface area contributed by atoms with Crippen LogP contribution in [0.25, 0.3) is 0 Å². The number of carbonyl (C=O) groups is 1. The second-order valence-electron chi connectivity index (χ2n) is 8.14. The molecule has 2 N–H and O–H groups in total. The van der Waals surface area contributed by atoms with Gasteiger partial charge < -0.3 is 19.8 Å². The highest BCUT2D eigenvalue weighted by Crippen LogP contribution is 2.25. The van der Waals surface area contributed by atoms with Crippen LogP contribution >= 0.6 is 0 Å². The Morgan fingerprint density at radius 2 is 1.60 bits per heavy atom. The van der Waals surface area contributed by atoms with E-state index in [0.29, 0.717) is 18.2 Å². The highest BCUT2D eigenvalue weighted by molar-refractivity contribution is 5.94. The smallest absolute Gasteiger partial charge is 0.263 e. The summed E-state index contributed by atoms with van der Waals surface area (Å²) in [5.41, 5.74) is 3.30. The number of hydrogen-bond donors (Lipinski definition) is 2. The van der Waals surface area contributed by atoms with Crippen molar-refractivity contribution in [2.75, 3.05) is 7.11 Å². The first-order valence-electron chi connectivity index (χ1n) is 11.2. The van der Waals surface area contributed by atoms with E-state index < -0.39 is 17.5 Å². The van der Waals surface area contributed by atoms with Crippen molar-refractivity contribution in [1.29, 1.82) is 0 Å². The molecule has 0 aliphatic carbocycles. The van der Waals surface area contributed by atoms with Gasteiger partial charge in [0.25, 0.3) is 11.5 Å². The SMILES string of the molecule is COc1ccc(C(NC(=O)c2cnc(COCc3ccccc3)[nH]c2=O)c2ccc(C)cc2)cc1. The van der Waals surface area contributed by atoms with E-state index >= 15 is 0 Å². The maximum absolute atomic E-state index is 13.1. The van der Waals surface area contributed by atoms with Crippen molar-refractivity contribution in [3.05, 3.63) is 129 Å². The minimum atomic E-state index is -0.520. The molecule has 1 atom stereocenters. The molecule has 0 spiro atoms. The molecule has 0 aliphatic heterocycles. The molecule has 35 heavy (non-hydrogen) atoms. The highest BCUT2D eigenvalue weighted by atomic mass is 16.5. The fraction of sp³-hybridized carbons (Fsp3) is 0.179. The number of carbonyl (C=O) groups excluding carboxylic acids is 1. The normalized spacial score (nSPS) is 11.6. The van der Waals surface area contributed by atoms with Crippen LogP contribution in [0.1, 0.15) is 44.5 Å². The van der Waals surface area contributed by atoms with E-state index in [2.05, 4.69) is 15.3 Å². The van der Waals surface area contributed by atoms with Crippen LogP contribution < -0.4 is 15.6 Å². The molecule has 1 amide bonds. The third-order valence-corrected chi connectivity index (χ3v) is 5.58. The standard InChI is InChI=1S/C28H27N3O4/c1-19-8-10-21(11-9-19)26(22-12-14-23(34-2)15-13-22)31-28(33)24-16-29-25(30-27(24)32)18-35-17-20-6-4-3-5-7-20/h3-16,26H,17-18H2,1-2H3,(H,31,33)(H,29,30,32). The molecule has 178 valence electrons. The van der Waals surface area contributed by atoms with Crippen LogP contribution in [0.5, 0.6) is 5.75 Å². The summed E-state index contributed by atoms with van der Waals surface area (Å²) in [5, 5.41) is 2.98. The van der Waals surface area contributed by atoms with Gasteiger partial charge in [-0.05, 0) is 35.7 Å². The number of amides is 1. The topological polar surface area (TPSA) is 93.3 Å². The lowest BCUT2D eigenvalue weighted by Gasteiger charge is -2.20. The van der Waals surface area contributed by atoms with Gasteiger partial charge in [-0.1, -0.05) is 72.3 Å². The number of ether oxygens (including phenoxy) is 2. The lowest BCUT2D eigenvalue weighted by Crippen LogP contribution is -2.34. The predicted octanol–water partition coefficient (Wildman–Crippen LogP) is 4.32. The number of rotatable bonds is 9. The van der Waals surface area contributed by atoms with Crippen molar-refractivity contribution < 1.29 is 14.3 Å². The number of hydrogen-bond acceptors (Lipinski definition) is 5. The van der Waals surface area contributed by atoms with Crippen LogP contribution in [-0.2, 0) is 18.0 Å². The van der Waals surface area contributed by atoms with Crippen LogP contribution in [-0.4, -0.2) is 23.0 Å². The molecule has 0 radical (unpaired) electrons. The summed E-state index contributed by atoms with van der Waals surface area (Å²) in [6, 6.07) is 24.6. The Bertz CT molecular complexity index is 1320. The van der Waals surface area contributed by atoms with Gasteiger partial charge in [0.2, 0.25) is 0 Å². The van der Waals surface area contributed by atoms with Gasteiger partial charge in [-0.3, -0.25) is 9.59 Å². The Kier molecular flexibility index (Phi) is 7.70. The van der Waals surface area contributed by atoms with Crippen LogP contribution in [0.4, 0.5) is 0 Å². The fourth-order valence-electron chi connectivity index (χ4n) is 3.63. The lowest BCUT2D eigenvalue weighted by molar-refractivity contribution is 0.0937. The number of H-pyrrole nitrogens is 1. The lowest BCUT2D eigenvalue weighted by atomic mass is 9.97. The average molecular weight is 470 g/mol. The maximum atomic E-state index is 13.1. The monoisotopic (exact) mass is 469 g/mol. The van der Waals surface area contributed by atoms with Gasteiger partial charge in [-0.2, -0.15) is 0 Å². The summed E-state index contributed by atoms with van der Waals surface area (Å²) in [4.78, 5) is 32.6. The largest absolute Gasteiger partial charge is 0.497 e. The average Bonchev–Trinajstić information content (AvgIpc) is 2.88. The Morgan fingerprint density at radius 1 is 0.943 bits per heavy atom. The van der Waals surface area contributed by atoms with Crippen LogP contribution in [0.3, 0.4) is 0 Å². The Morgan fingerprint density at radius 3 is 2.23 bits per heavy atom. The first-order chi connectivity index (χ1) is 17.0. The second kappa shape index (κ2) is 11.3. The summed E-state index contributed by atoms with van der Waals surface area (Å²) in [6.45, 7) is 2.53. The molecule has 0 bridgehead atoms. The molecule has 1 aromatic heterocycles. The molecule has 1 heterocycles. The number of methoxy groups -OCH3 is 1. The van der Waals surface area contributed by atoms with Crippen LogP contribution in [0.15, 0.2) is 89.9 Å². The van der Waals surface area contributed by atoms with E-state index in [0.717, 1.165) is 22.3 Å². The second-order valence-corrected chi connectivity index (χ2v) is 8.14. The summed E-state index contributed by atoms with van der Waals surface area (Å²) in [5.74, 6) is 0.554. The quantitative estimate of drug-likeness (QED) is 0.381. The van der Waals surface area contributed by atoms with Crippen molar-refractivity contribution in [2.24, 2.45) is 0 Å². The fourth-order valence-corrected chi connectivity index (χ4v) is 3.63. The number of nitrogens with zero attached hydrogens (tertiary/aromatic N) is 1. The van der Waals surface area contributed by atoms with Gasteiger partial charge >= 0.3 is 0 Å². The molecule has 7 nitrogen and oxygen atoms in total. The molecule has 3 aromatic carbocycles. The van der Waals surface area contributed by atoms with Crippen molar-refractivity contribution in [1.82, 2.24) is 15.3 Å². The number of aromatic amines is 1. The third kappa shape index (κ3) is 6.22. The predicted molar refractivity (Wildman–Crippen MR) is 133 cm³/mol. The summed E-state index contributed by atoms with van der Waals surface area (Å²) < 4.78 is 10.9. The summed E-state index contributed by atoms with van der Waals surface area (Å²) in [7, 11) is 1.60. The number of aryl methyl sites for hydroxylation is 1. The first kappa shape index (κ1) is 23.9. The van der Waals surface area contributed by atoms with Gasteiger partial charge in [0, 0.05) is 6.20 Å². The van der Waals surface area contributed by atoms with Gasteiger partial charge in [0.15, 0.2) is 0 Å². The van der Waals surface area contributed by atoms with E-state index in [1.807, 2.05) is 85.8 Å². The van der Waals surface area contributed by atoms with Crippen LogP contribution in [0, 0.1) is 6.92 Å². The van der Waals surface area contributed by atoms with Gasteiger partial charge in [0.05, 0.1) is 19.8 Å². The third-order valence-electron chi connectivity index (χ3n) is 5.58. The van der Waals surface area contributed by atoms with Gasteiger partial charge in [-0.15, -0.1) is 0 Å². The van der Waals surface area contributed by atoms with Crippen molar-refractivity contribution in [2.45, 2.75) is 26.2 Å². The Hall–Kier alpha value is -4.23. The van der Waals surface area contributed by atoms with Gasteiger partial charge in [-0.25, -0.2) is 4.98 Å². The van der Waals surface area contributed by atoms with Crippen molar-refractivity contribution in [3.63, 3.8) is 0 Å². The van der Waals surface area contributed by atoms with Crippen molar-refractivity contribution >= 4 is 5.91 Å². The molecule has 0 fully saturated rings. The van der Waals surface area contributed by atoms with Crippen molar-refractivity contribution in [3.8, 4) is 5.75 Å². The molecular formula is C28H27N3O4. The molecule has 4 aromatic rings. The minimum Gasteiger partial charge on any atom is -0.497 e. The molecule has 4 rings (SSSR count). The number of aromatic nitrogens is 2. The van der Waals surface area contributed by atoms with Gasteiger partial charge in [0.1, 0.15) is 23.7 Å². The van der Waals surface area contributed by atoms with E-state index in [1.165, 1.54) is 6.20 Å². The molecule has 0 aliphatic rings. The van der Waals surface area contributed by atoms with Crippen LogP contribution in [0.2, 0.25) is 0 Å².